The van der Waals surface area contributed by atoms with Gasteiger partial charge < -0.3 is 4.57 Å². The van der Waals surface area contributed by atoms with E-state index in [2.05, 4.69) is 27.8 Å². The minimum Gasteiger partial charge on any atom is -0.328 e. The number of imidazole rings is 1. The molecule has 0 amide bonds. The molecule has 1 aromatic carbocycles. The number of ketones is 1. The number of carbonyl (C=O) groups excluding carboxylic acids is 1. The summed E-state index contributed by atoms with van der Waals surface area (Å²) in [5.74, 6) is 0.345. The van der Waals surface area contributed by atoms with Crippen molar-refractivity contribution in [3.63, 3.8) is 0 Å². The zero-order valence-electron chi connectivity index (χ0n) is 9.86. The molecule has 0 aliphatic rings. The highest BCUT2D eigenvalue weighted by Crippen LogP contribution is 2.24. The zero-order chi connectivity index (χ0) is 13.1. The zero-order valence-corrected chi connectivity index (χ0v) is 12.2. The first kappa shape index (κ1) is 13.3. The smallest absolute Gasteiger partial charge is 0.228 e. The van der Waals surface area contributed by atoms with Gasteiger partial charge in [0.05, 0.1) is 5.02 Å². The van der Waals surface area contributed by atoms with Crippen molar-refractivity contribution in [2.24, 2.45) is 0 Å². The molecular formula is C13H12BrClN2O. The van der Waals surface area contributed by atoms with Crippen LogP contribution >= 0.6 is 27.5 Å². The molecule has 3 nitrogen and oxygen atoms in total. The predicted octanol–water partition coefficient (Wildman–Crippen LogP) is 3.94. The van der Waals surface area contributed by atoms with Crippen molar-refractivity contribution >= 4 is 33.3 Å². The van der Waals surface area contributed by atoms with Crippen LogP contribution in [0, 0.1) is 0 Å². The van der Waals surface area contributed by atoms with Crippen molar-refractivity contribution in [3.8, 4) is 0 Å². The second kappa shape index (κ2) is 5.67. The number of hydrogen-bond acceptors (Lipinski definition) is 2. The molecule has 5 heteroatoms. The Morgan fingerprint density at radius 2 is 2.28 bits per heavy atom. The largest absolute Gasteiger partial charge is 0.328 e. The van der Waals surface area contributed by atoms with Crippen molar-refractivity contribution < 1.29 is 4.79 Å². The highest BCUT2D eigenvalue weighted by Gasteiger charge is 2.15. The van der Waals surface area contributed by atoms with Gasteiger partial charge in [-0.05, 0) is 40.5 Å². The van der Waals surface area contributed by atoms with Crippen LogP contribution in [0.3, 0.4) is 0 Å². The molecule has 0 fully saturated rings. The van der Waals surface area contributed by atoms with Gasteiger partial charge in [-0.3, -0.25) is 4.79 Å². The Labute approximate surface area is 119 Å². The summed E-state index contributed by atoms with van der Waals surface area (Å²) in [6.07, 6.45) is 4.41. The summed E-state index contributed by atoms with van der Waals surface area (Å²) in [5, 5.41) is 0.523. The molecule has 1 aromatic heterocycles. The van der Waals surface area contributed by atoms with Gasteiger partial charge in [-0.15, -0.1) is 0 Å². The Morgan fingerprint density at radius 1 is 1.50 bits per heavy atom. The number of hydrogen-bond donors (Lipinski definition) is 0. The molecule has 18 heavy (non-hydrogen) atoms. The number of benzene rings is 1. The first-order valence-electron chi connectivity index (χ1n) is 5.64. The van der Waals surface area contributed by atoms with Gasteiger partial charge in [-0.2, -0.15) is 0 Å². The maximum absolute atomic E-state index is 12.3. The van der Waals surface area contributed by atoms with E-state index < -0.39 is 0 Å². The summed E-state index contributed by atoms with van der Waals surface area (Å²) in [6, 6.07) is 5.16. The van der Waals surface area contributed by atoms with Crippen LogP contribution in [-0.4, -0.2) is 15.3 Å². The number of rotatable bonds is 4. The third kappa shape index (κ3) is 2.65. The maximum Gasteiger partial charge on any atom is 0.228 e. The van der Waals surface area contributed by atoms with E-state index in [0.717, 1.165) is 17.4 Å². The lowest BCUT2D eigenvalue weighted by Crippen LogP contribution is -2.11. The van der Waals surface area contributed by atoms with Crippen LogP contribution in [0.15, 0.2) is 35.1 Å². The van der Waals surface area contributed by atoms with E-state index in [4.69, 9.17) is 11.6 Å². The van der Waals surface area contributed by atoms with Gasteiger partial charge in [0, 0.05) is 29.0 Å². The molecule has 1 heterocycles. The third-order valence-electron chi connectivity index (χ3n) is 2.56. The fraction of sp³-hybridized carbons (Fsp3) is 0.231. The highest BCUT2D eigenvalue weighted by molar-refractivity contribution is 9.10. The predicted molar refractivity (Wildman–Crippen MR) is 75.1 cm³/mol. The number of halogens is 2. The van der Waals surface area contributed by atoms with Crippen LogP contribution in [-0.2, 0) is 6.54 Å². The van der Waals surface area contributed by atoms with E-state index >= 15 is 0 Å². The van der Waals surface area contributed by atoms with Crippen molar-refractivity contribution in [1.82, 2.24) is 9.55 Å². The molecule has 94 valence electrons. The molecule has 2 aromatic rings. The molecule has 0 saturated carbocycles. The van der Waals surface area contributed by atoms with Gasteiger partial charge in [-0.25, -0.2) is 4.98 Å². The topological polar surface area (TPSA) is 34.9 Å². The lowest BCUT2D eigenvalue weighted by Gasteiger charge is -2.06. The summed E-state index contributed by atoms with van der Waals surface area (Å²) in [4.78, 5) is 16.4. The van der Waals surface area contributed by atoms with Crippen LogP contribution in [0.5, 0.6) is 0 Å². The summed E-state index contributed by atoms with van der Waals surface area (Å²) < 4.78 is 2.63. The number of nitrogens with zero attached hydrogens (tertiary/aromatic N) is 2. The third-order valence-corrected chi connectivity index (χ3v) is 3.80. The SMILES string of the molecule is CCCn1ccnc1C(=O)c1ccc(Br)c(Cl)c1. The normalized spacial score (nSPS) is 10.6. The number of aromatic nitrogens is 2. The molecule has 0 aliphatic heterocycles. The monoisotopic (exact) mass is 326 g/mol. The van der Waals surface area contributed by atoms with Gasteiger partial charge in [0.25, 0.3) is 0 Å². The van der Waals surface area contributed by atoms with Crippen molar-refractivity contribution in [1.29, 1.82) is 0 Å². The number of carbonyl (C=O) groups is 1. The fourth-order valence-corrected chi connectivity index (χ4v) is 2.13. The van der Waals surface area contributed by atoms with E-state index in [1.807, 2.05) is 10.8 Å². The molecular weight excluding hydrogens is 316 g/mol. The Bertz CT molecular complexity index is 580. The average molecular weight is 328 g/mol. The summed E-state index contributed by atoms with van der Waals surface area (Å²) in [7, 11) is 0. The fourth-order valence-electron chi connectivity index (χ4n) is 1.71. The van der Waals surface area contributed by atoms with Crippen LogP contribution in [0.4, 0.5) is 0 Å². The molecule has 0 saturated heterocycles. The van der Waals surface area contributed by atoms with E-state index in [1.54, 1.807) is 24.4 Å². The van der Waals surface area contributed by atoms with Crippen LogP contribution in [0.1, 0.15) is 29.5 Å². The summed E-state index contributed by atoms with van der Waals surface area (Å²) >= 11 is 9.30. The Balaban J connectivity index is 2.35. The lowest BCUT2D eigenvalue weighted by atomic mass is 10.1. The van der Waals surface area contributed by atoms with Crippen LogP contribution in [0.25, 0.3) is 0 Å². The van der Waals surface area contributed by atoms with E-state index in [-0.39, 0.29) is 5.78 Å². The molecule has 0 unspecified atom stereocenters. The van der Waals surface area contributed by atoms with Gasteiger partial charge in [0.1, 0.15) is 0 Å². The summed E-state index contributed by atoms with van der Waals surface area (Å²) in [6.45, 7) is 2.84. The van der Waals surface area contributed by atoms with Crippen LogP contribution in [0.2, 0.25) is 5.02 Å². The Morgan fingerprint density at radius 3 is 2.94 bits per heavy atom. The standard InChI is InChI=1S/C13H12BrClN2O/c1-2-6-17-7-5-16-13(17)12(18)9-3-4-10(14)11(15)8-9/h3-5,7-8H,2,6H2,1H3. The second-order valence-corrected chi connectivity index (χ2v) is 5.16. The van der Waals surface area contributed by atoms with Gasteiger partial charge in [0.2, 0.25) is 5.78 Å². The highest BCUT2D eigenvalue weighted by atomic mass is 79.9. The Hall–Kier alpha value is -1.13. The van der Waals surface area contributed by atoms with Crippen molar-refractivity contribution in [2.45, 2.75) is 19.9 Å². The lowest BCUT2D eigenvalue weighted by molar-refractivity contribution is 0.102. The minimum atomic E-state index is -0.108. The van der Waals surface area contributed by atoms with Crippen molar-refractivity contribution in [3.05, 3.63) is 51.5 Å². The van der Waals surface area contributed by atoms with E-state index in [0.29, 0.717) is 16.4 Å². The first-order valence-corrected chi connectivity index (χ1v) is 6.81. The molecule has 0 bridgehead atoms. The molecule has 0 spiro atoms. The molecule has 2 rings (SSSR count). The van der Waals surface area contributed by atoms with Crippen molar-refractivity contribution in [2.75, 3.05) is 0 Å². The van der Waals surface area contributed by atoms with Crippen LogP contribution < -0.4 is 0 Å². The maximum atomic E-state index is 12.3. The van der Waals surface area contributed by atoms with E-state index in [1.165, 1.54) is 0 Å². The Kier molecular flexibility index (Phi) is 4.19. The molecule has 0 N–H and O–H groups in total. The molecule has 0 aliphatic carbocycles. The second-order valence-electron chi connectivity index (χ2n) is 3.90. The molecule has 0 radical (unpaired) electrons. The van der Waals surface area contributed by atoms with Gasteiger partial charge >= 0.3 is 0 Å². The molecule has 0 atom stereocenters. The summed E-state index contributed by atoms with van der Waals surface area (Å²) in [5.41, 5.74) is 0.548. The van der Waals surface area contributed by atoms with Gasteiger partial charge in [-0.1, -0.05) is 18.5 Å². The quantitative estimate of drug-likeness (QED) is 0.797. The number of aryl methyl sites for hydroxylation is 1. The first-order chi connectivity index (χ1) is 8.63. The average Bonchev–Trinajstić information content (AvgIpc) is 2.80. The minimum absolute atomic E-state index is 0.108. The van der Waals surface area contributed by atoms with Gasteiger partial charge in [0.15, 0.2) is 5.82 Å². The van der Waals surface area contributed by atoms with E-state index in [9.17, 15) is 4.79 Å².